The maximum atomic E-state index is 11.6. The predicted octanol–water partition coefficient (Wildman–Crippen LogP) is 4.66. The van der Waals surface area contributed by atoms with Gasteiger partial charge in [-0.25, -0.2) is 0 Å². The molecule has 0 saturated heterocycles. The van der Waals surface area contributed by atoms with Gasteiger partial charge >= 0.3 is 5.97 Å². The summed E-state index contributed by atoms with van der Waals surface area (Å²) in [7, 11) is 0. The molecule has 0 fully saturated rings. The average Bonchev–Trinajstić information content (AvgIpc) is 2.58. The van der Waals surface area contributed by atoms with Gasteiger partial charge in [-0.2, -0.15) is 0 Å². The van der Waals surface area contributed by atoms with E-state index in [0.717, 1.165) is 12.8 Å². The van der Waals surface area contributed by atoms with Crippen molar-refractivity contribution in [3.05, 3.63) is 34.4 Å². The molecule has 6 nitrogen and oxygen atoms in total. The smallest absolute Gasteiger partial charge is 0.305 e. The van der Waals surface area contributed by atoms with E-state index < -0.39 is 4.92 Å². The normalized spacial score (nSPS) is 10.4. The number of carbonyl (C=O) groups is 1. The Hall–Kier alpha value is -2.11. The van der Waals surface area contributed by atoms with Gasteiger partial charge in [0, 0.05) is 18.6 Å². The van der Waals surface area contributed by atoms with E-state index in [9.17, 15) is 14.9 Å². The highest BCUT2D eigenvalue weighted by Crippen LogP contribution is 2.17. The molecule has 0 heterocycles. The van der Waals surface area contributed by atoms with Gasteiger partial charge in [0.1, 0.15) is 19.0 Å². The van der Waals surface area contributed by atoms with Crippen LogP contribution in [0.3, 0.4) is 0 Å². The van der Waals surface area contributed by atoms with Crippen LogP contribution in [-0.4, -0.2) is 24.1 Å². The molecule has 0 bridgehead atoms. The molecular weight excluding hydrogens is 310 g/mol. The Kier molecular flexibility index (Phi) is 10.2. The lowest BCUT2D eigenvalue weighted by atomic mass is 10.1. The molecule has 0 saturated carbocycles. The lowest BCUT2D eigenvalue weighted by molar-refractivity contribution is -0.384. The fourth-order valence-electron chi connectivity index (χ4n) is 2.28. The topological polar surface area (TPSA) is 78.7 Å². The van der Waals surface area contributed by atoms with Crippen molar-refractivity contribution in [2.24, 2.45) is 0 Å². The third kappa shape index (κ3) is 9.12. The average molecular weight is 337 g/mol. The molecule has 0 amide bonds. The largest absolute Gasteiger partial charge is 0.490 e. The lowest BCUT2D eigenvalue weighted by Gasteiger charge is -2.07. The maximum Gasteiger partial charge on any atom is 0.305 e. The van der Waals surface area contributed by atoms with E-state index in [2.05, 4.69) is 6.92 Å². The van der Waals surface area contributed by atoms with E-state index >= 15 is 0 Å². The number of nitro benzene ring substituents is 1. The number of hydrogen-bond acceptors (Lipinski definition) is 5. The number of esters is 1. The zero-order valence-corrected chi connectivity index (χ0v) is 14.4. The lowest BCUT2D eigenvalue weighted by Crippen LogP contribution is -2.12. The molecule has 0 spiro atoms. The molecule has 24 heavy (non-hydrogen) atoms. The Morgan fingerprint density at radius 1 is 1.00 bits per heavy atom. The minimum atomic E-state index is -0.463. The molecule has 134 valence electrons. The summed E-state index contributed by atoms with van der Waals surface area (Å²) in [6.07, 6.45) is 8.62. The number of nitrogens with zero attached hydrogens (tertiary/aromatic N) is 1. The number of hydrogen-bond donors (Lipinski definition) is 0. The van der Waals surface area contributed by atoms with Gasteiger partial charge in [-0.1, -0.05) is 45.4 Å². The first kappa shape index (κ1) is 19.9. The molecule has 0 radical (unpaired) electrons. The highest BCUT2D eigenvalue weighted by Gasteiger charge is 2.05. The molecule has 0 aromatic heterocycles. The van der Waals surface area contributed by atoms with Crippen LogP contribution in [0.15, 0.2) is 24.3 Å². The third-order valence-electron chi connectivity index (χ3n) is 3.65. The van der Waals surface area contributed by atoms with Crippen molar-refractivity contribution in [1.29, 1.82) is 0 Å². The number of ether oxygens (including phenoxy) is 2. The fourth-order valence-corrected chi connectivity index (χ4v) is 2.28. The van der Waals surface area contributed by atoms with Crippen LogP contribution in [0.2, 0.25) is 0 Å². The number of rotatable bonds is 13. The Balaban J connectivity index is 2.02. The number of unbranched alkanes of at least 4 members (excludes halogenated alkanes) is 6. The molecule has 1 aromatic carbocycles. The number of carbonyl (C=O) groups excluding carboxylic acids is 1. The van der Waals surface area contributed by atoms with Crippen molar-refractivity contribution in [3.8, 4) is 5.75 Å². The zero-order chi connectivity index (χ0) is 17.6. The molecule has 0 N–H and O–H groups in total. The maximum absolute atomic E-state index is 11.6. The van der Waals surface area contributed by atoms with Crippen LogP contribution in [0.5, 0.6) is 5.75 Å². The van der Waals surface area contributed by atoms with Crippen LogP contribution in [0.25, 0.3) is 0 Å². The van der Waals surface area contributed by atoms with Gasteiger partial charge in [0.05, 0.1) is 4.92 Å². The molecule has 1 rings (SSSR count). The summed E-state index contributed by atoms with van der Waals surface area (Å²) in [5.74, 6) is 0.319. The second-order valence-electron chi connectivity index (χ2n) is 5.69. The van der Waals surface area contributed by atoms with E-state index in [0.29, 0.717) is 12.2 Å². The van der Waals surface area contributed by atoms with E-state index in [1.807, 2.05) is 0 Å². The quantitative estimate of drug-likeness (QED) is 0.226. The van der Waals surface area contributed by atoms with Crippen molar-refractivity contribution < 1.29 is 19.2 Å². The van der Waals surface area contributed by atoms with E-state index in [1.165, 1.54) is 56.4 Å². The predicted molar refractivity (Wildman–Crippen MR) is 92.2 cm³/mol. The van der Waals surface area contributed by atoms with Crippen LogP contribution in [0.1, 0.15) is 58.3 Å². The highest BCUT2D eigenvalue weighted by atomic mass is 16.6. The monoisotopic (exact) mass is 337 g/mol. The molecule has 1 aromatic rings. The number of benzene rings is 1. The fraction of sp³-hybridized carbons (Fsp3) is 0.611. The molecular formula is C18H27NO5. The standard InChI is InChI=1S/C18H27NO5/c1-2-3-4-5-6-7-8-9-18(20)24-15-14-23-17-12-10-16(11-13-17)19(21)22/h10-13H,2-9,14-15H2,1H3. The SMILES string of the molecule is CCCCCCCCCC(=O)OCCOc1ccc([N+](=O)[O-])cc1. The van der Waals surface area contributed by atoms with Crippen molar-refractivity contribution in [3.63, 3.8) is 0 Å². The third-order valence-corrected chi connectivity index (χ3v) is 3.65. The van der Waals surface area contributed by atoms with E-state index in [4.69, 9.17) is 9.47 Å². The van der Waals surface area contributed by atoms with Gasteiger partial charge in [-0.15, -0.1) is 0 Å². The Bertz CT molecular complexity index is 487. The summed E-state index contributed by atoms with van der Waals surface area (Å²) < 4.78 is 10.5. The van der Waals surface area contributed by atoms with Gasteiger partial charge < -0.3 is 9.47 Å². The number of non-ortho nitro benzene ring substituents is 1. The highest BCUT2D eigenvalue weighted by molar-refractivity contribution is 5.69. The molecule has 6 heteroatoms. The first-order valence-electron chi connectivity index (χ1n) is 8.66. The van der Waals surface area contributed by atoms with Gasteiger partial charge in [0.15, 0.2) is 0 Å². The Morgan fingerprint density at radius 2 is 1.62 bits per heavy atom. The summed E-state index contributed by atoms with van der Waals surface area (Å²) in [6, 6.07) is 5.81. The van der Waals surface area contributed by atoms with E-state index in [1.54, 1.807) is 0 Å². The summed E-state index contributed by atoms with van der Waals surface area (Å²) in [5.41, 5.74) is 0.0171. The summed E-state index contributed by atoms with van der Waals surface area (Å²) >= 11 is 0. The first-order valence-corrected chi connectivity index (χ1v) is 8.66. The van der Waals surface area contributed by atoms with Crippen molar-refractivity contribution in [2.45, 2.75) is 58.3 Å². The minimum absolute atomic E-state index is 0.0171. The summed E-state index contributed by atoms with van der Waals surface area (Å²) in [5, 5.41) is 10.5. The van der Waals surface area contributed by atoms with Crippen LogP contribution in [0, 0.1) is 10.1 Å². The van der Waals surface area contributed by atoms with Crippen LogP contribution in [0.4, 0.5) is 5.69 Å². The Labute approximate surface area is 143 Å². The van der Waals surface area contributed by atoms with Gasteiger partial charge in [0.2, 0.25) is 0 Å². The van der Waals surface area contributed by atoms with Crippen molar-refractivity contribution >= 4 is 11.7 Å². The molecule has 0 atom stereocenters. The number of nitro groups is 1. The van der Waals surface area contributed by atoms with Crippen molar-refractivity contribution in [2.75, 3.05) is 13.2 Å². The van der Waals surface area contributed by atoms with Crippen molar-refractivity contribution in [1.82, 2.24) is 0 Å². The molecule has 0 unspecified atom stereocenters. The molecule has 0 aliphatic heterocycles. The second-order valence-corrected chi connectivity index (χ2v) is 5.69. The Morgan fingerprint density at radius 3 is 2.25 bits per heavy atom. The first-order chi connectivity index (χ1) is 11.6. The van der Waals surface area contributed by atoms with Crippen LogP contribution < -0.4 is 4.74 Å². The minimum Gasteiger partial charge on any atom is -0.490 e. The second kappa shape index (κ2) is 12.3. The van der Waals surface area contributed by atoms with Gasteiger partial charge in [-0.05, 0) is 18.6 Å². The van der Waals surface area contributed by atoms with Crippen LogP contribution in [-0.2, 0) is 9.53 Å². The molecule has 0 aliphatic carbocycles. The van der Waals surface area contributed by atoms with Crippen LogP contribution >= 0.6 is 0 Å². The summed E-state index contributed by atoms with van der Waals surface area (Å²) in [6.45, 7) is 2.62. The van der Waals surface area contributed by atoms with E-state index in [-0.39, 0.29) is 24.9 Å². The molecule has 0 aliphatic rings. The van der Waals surface area contributed by atoms with Gasteiger partial charge in [-0.3, -0.25) is 14.9 Å². The van der Waals surface area contributed by atoms with Gasteiger partial charge in [0.25, 0.3) is 5.69 Å². The zero-order valence-electron chi connectivity index (χ0n) is 14.4. The summed E-state index contributed by atoms with van der Waals surface area (Å²) in [4.78, 5) is 21.6.